The number of fused-ring (bicyclic) bond motifs is 1. The maximum absolute atomic E-state index is 10.7. The van der Waals surface area contributed by atoms with E-state index < -0.39 is 0 Å². The smallest absolute Gasteiger partial charge is 0.0686 e. The number of aliphatic hydroxyl groups excluding tert-OH is 1. The van der Waals surface area contributed by atoms with Crippen molar-refractivity contribution in [1.29, 1.82) is 0 Å². The zero-order valence-electron chi connectivity index (χ0n) is 11.3. The van der Waals surface area contributed by atoms with E-state index in [1.807, 2.05) is 0 Å². The Hall–Kier alpha value is -0.0800. The van der Waals surface area contributed by atoms with Gasteiger partial charge in [0.25, 0.3) is 0 Å². The van der Waals surface area contributed by atoms with Crippen LogP contribution in [0, 0.1) is 23.7 Å². The van der Waals surface area contributed by atoms with Crippen LogP contribution in [0.25, 0.3) is 0 Å². The summed E-state index contributed by atoms with van der Waals surface area (Å²) < 4.78 is 6.09. The van der Waals surface area contributed by atoms with E-state index in [9.17, 15) is 5.11 Å². The summed E-state index contributed by atoms with van der Waals surface area (Å²) in [4.78, 5) is 0. The number of ether oxygens (including phenoxy) is 1. The molecule has 3 aliphatic carbocycles. The van der Waals surface area contributed by atoms with Crippen LogP contribution in [0.4, 0.5) is 0 Å². The zero-order valence-corrected chi connectivity index (χ0v) is 11.3. The Morgan fingerprint density at radius 2 is 1.72 bits per heavy atom. The van der Waals surface area contributed by atoms with Crippen molar-refractivity contribution in [1.82, 2.24) is 0 Å². The molecule has 0 aromatic rings. The Labute approximate surface area is 110 Å². The monoisotopic (exact) mass is 250 g/mol. The lowest BCUT2D eigenvalue weighted by molar-refractivity contribution is -0.120. The zero-order chi connectivity index (χ0) is 12.2. The highest BCUT2D eigenvalue weighted by Crippen LogP contribution is 2.56. The fraction of sp³-hybridized carbons (Fsp3) is 1.00. The van der Waals surface area contributed by atoms with Gasteiger partial charge in [-0.1, -0.05) is 12.8 Å². The summed E-state index contributed by atoms with van der Waals surface area (Å²) >= 11 is 0. The van der Waals surface area contributed by atoms with Gasteiger partial charge >= 0.3 is 0 Å². The van der Waals surface area contributed by atoms with E-state index in [4.69, 9.17) is 4.74 Å². The lowest BCUT2D eigenvalue weighted by atomic mass is 9.77. The molecule has 0 radical (unpaired) electrons. The minimum Gasteiger partial charge on any atom is -0.393 e. The van der Waals surface area contributed by atoms with Crippen LogP contribution < -0.4 is 0 Å². The molecule has 4 aliphatic rings. The van der Waals surface area contributed by atoms with E-state index in [1.165, 1.54) is 44.9 Å². The molecule has 0 bridgehead atoms. The van der Waals surface area contributed by atoms with E-state index in [0.29, 0.717) is 11.8 Å². The molecule has 4 atom stereocenters. The first-order valence-corrected chi connectivity index (χ1v) is 8.08. The number of aliphatic hydroxyl groups is 1. The predicted octanol–water partition coefficient (Wildman–Crippen LogP) is 3.13. The molecule has 1 aliphatic heterocycles. The quantitative estimate of drug-likeness (QED) is 0.816. The van der Waals surface area contributed by atoms with E-state index in [0.717, 1.165) is 31.3 Å². The van der Waals surface area contributed by atoms with Gasteiger partial charge in [0, 0.05) is 6.61 Å². The van der Waals surface area contributed by atoms with Gasteiger partial charge in [-0.05, 0) is 68.6 Å². The standard InChI is InChI=1S/C16H26O2/c17-15(14-8-12-7-13(12)9-14)11-3-6-18-16(10-11)4-1-2-5-16/h11-15,17H,1-10H2. The summed E-state index contributed by atoms with van der Waals surface area (Å²) in [6.45, 7) is 0.890. The topological polar surface area (TPSA) is 29.5 Å². The normalized spacial score (nSPS) is 47.2. The van der Waals surface area contributed by atoms with Crippen LogP contribution in [0.1, 0.15) is 57.8 Å². The largest absolute Gasteiger partial charge is 0.393 e. The average Bonchev–Trinajstić information content (AvgIpc) is 2.80. The van der Waals surface area contributed by atoms with Crippen molar-refractivity contribution in [3.63, 3.8) is 0 Å². The minimum absolute atomic E-state index is 0.0285. The first kappa shape index (κ1) is 11.7. The first-order chi connectivity index (χ1) is 8.76. The number of hydrogen-bond donors (Lipinski definition) is 1. The van der Waals surface area contributed by atoms with Gasteiger partial charge in [-0.25, -0.2) is 0 Å². The fourth-order valence-electron chi connectivity index (χ4n) is 5.15. The molecule has 2 heteroatoms. The molecular weight excluding hydrogens is 224 g/mol. The summed E-state index contributed by atoms with van der Waals surface area (Å²) in [5.41, 5.74) is 0.172. The van der Waals surface area contributed by atoms with Gasteiger partial charge in [0.2, 0.25) is 0 Å². The second-order valence-corrected chi connectivity index (χ2v) is 7.47. The van der Waals surface area contributed by atoms with Crippen molar-refractivity contribution >= 4 is 0 Å². The van der Waals surface area contributed by atoms with Crippen molar-refractivity contribution in [2.75, 3.05) is 6.61 Å². The van der Waals surface area contributed by atoms with Gasteiger partial charge in [0.1, 0.15) is 0 Å². The average molecular weight is 250 g/mol. The van der Waals surface area contributed by atoms with Crippen molar-refractivity contribution < 1.29 is 9.84 Å². The maximum Gasteiger partial charge on any atom is 0.0686 e. The molecule has 102 valence electrons. The lowest BCUT2D eigenvalue weighted by Gasteiger charge is -2.41. The molecule has 4 rings (SSSR count). The van der Waals surface area contributed by atoms with Crippen molar-refractivity contribution in [2.24, 2.45) is 23.7 Å². The molecule has 0 aromatic carbocycles. The molecule has 1 N–H and O–H groups in total. The first-order valence-electron chi connectivity index (χ1n) is 8.08. The highest BCUT2D eigenvalue weighted by atomic mass is 16.5. The van der Waals surface area contributed by atoms with E-state index >= 15 is 0 Å². The van der Waals surface area contributed by atoms with Crippen LogP contribution in [0.3, 0.4) is 0 Å². The third kappa shape index (κ3) is 1.92. The van der Waals surface area contributed by atoms with Gasteiger partial charge in [-0.15, -0.1) is 0 Å². The van der Waals surface area contributed by atoms with Crippen LogP contribution in [-0.2, 0) is 4.74 Å². The molecule has 0 aromatic heterocycles. The SMILES string of the molecule is OC(C1CC2CC2C1)C1CCOC2(CCCC2)C1. The Morgan fingerprint density at radius 1 is 1.00 bits per heavy atom. The lowest BCUT2D eigenvalue weighted by Crippen LogP contribution is -2.43. The Bertz CT molecular complexity index is 311. The van der Waals surface area contributed by atoms with E-state index in [-0.39, 0.29) is 11.7 Å². The molecule has 1 heterocycles. The highest BCUT2D eigenvalue weighted by Gasteiger charge is 2.50. The third-order valence-electron chi connectivity index (χ3n) is 6.29. The van der Waals surface area contributed by atoms with E-state index in [1.54, 1.807) is 0 Å². The summed E-state index contributed by atoms with van der Waals surface area (Å²) in [5, 5.41) is 10.7. The van der Waals surface area contributed by atoms with Crippen molar-refractivity contribution in [3.8, 4) is 0 Å². The van der Waals surface area contributed by atoms with Crippen molar-refractivity contribution in [3.05, 3.63) is 0 Å². The Balaban J connectivity index is 1.40. The Morgan fingerprint density at radius 3 is 2.44 bits per heavy atom. The number of hydrogen-bond acceptors (Lipinski definition) is 2. The van der Waals surface area contributed by atoms with Crippen molar-refractivity contribution in [2.45, 2.75) is 69.5 Å². The van der Waals surface area contributed by atoms with Crippen LogP contribution in [-0.4, -0.2) is 23.4 Å². The summed E-state index contributed by atoms with van der Waals surface area (Å²) in [7, 11) is 0. The number of rotatable bonds is 2. The Kier molecular flexibility index (Phi) is 2.74. The fourth-order valence-corrected chi connectivity index (χ4v) is 5.15. The molecule has 1 spiro atoms. The maximum atomic E-state index is 10.7. The summed E-state index contributed by atoms with van der Waals surface area (Å²) in [6.07, 6.45) is 11.4. The second-order valence-electron chi connectivity index (χ2n) is 7.47. The molecule has 2 nitrogen and oxygen atoms in total. The molecule has 18 heavy (non-hydrogen) atoms. The van der Waals surface area contributed by atoms with Crippen LogP contribution in [0.15, 0.2) is 0 Å². The van der Waals surface area contributed by atoms with Crippen LogP contribution in [0.5, 0.6) is 0 Å². The van der Waals surface area contributed by atoms with Gasteiger partial charge in [-0.2, -0.15) is 0 Å². The molecule has 1 saturated heterocycles. The molecule has 3 saturated carbocycles. The minimum atomic E-state index is -0.0285. The van der Waals surface area contributed by atoms with E-state index in [2.05, 4.69) is 0 Å². The molecule has 4 unspecified atom stereocenters. The highest BCUT2D eigenvalue weighted by molar-refractivity contribution is 5.00. The second kappa shape index (κ2) is 4.21. The molecule has 4 fully saturated rings. The van der Waals surface area contributed by atoms with Gasteiger partial charge < -0.3 is 9.84 Å². The summed E-state index contributed by atoms with van der Waals surface area (Å²) in [5.74, 6) is 3.13. The predicted molar refractivity (Wildman–Crippen MR) is 70.2 cm³/mol. The van der Waals surface area contributed by atoms with Crippen LogP contribution in [0.2, 0.25) is 0 Å². The van der Waals surface area contributed by atoms with Gasteiger partial charge in [0.05, 0.1) is 11.7 Å². The third-order valence-corrected chi connectivity index (χ3v) is 6.29. The molecule has 0 amide bonds. The molecular formula is C16H26O2. The van der Waals surface area contributed by atoms with Gasteiger partial charge in [0.15, 0.2) is 0 Å². The van der Waals surface area contributed by atoms with Gasteiger partial charge in [-0.3, -0.25) is 0 Å². The summed E-state index contributed by atoms with van der Waals surface area (Å²) in [6, 6.07) is 0. The van der Waals surface area contributed by atoms with Crippen LogP contribution >= 0.6 is 0 Å².